The number of nitrogens with zero attached hydrogens (tertiary/aromatic N) is 1. The Balaban J connectivity index is 1.96. The normalized spacial score (nSPS) is 23.6. The van der Waals surface area contributed by atoms with Crippen LogP contribution in [0.1, 0.15) is 104 Å². The van der Waals surface area contributed by atoms with Gasteiger partial charge >= 0.3 is 0 Å². The Bertz CT molecular complexity index is 392. The zero-order valence-electron chi connectivity index (χ0n) is 17.8. The van der Waals surface area contributed by atoms with E-state index < -0.39 is 0 Å². The van der Waals surface area contributed by atoms with Crippen molar-refractivity contribution in [1.82, 2.24) is 5.32 Å². The molecule has 0 saturated heterocycles. The number of aliphatic hydroxyl groups excluding tert-OH is 1. The number of rotatable bonds is 16. The molecule has 0 saturated carbocycles. The van der Waals surface area contributed by atoms with Gasteiger partial charge in [-0.25, -0.2) is 0 Å². The fraction of sp³-hybridized carbons (Fsp3) is 0.826. The minimum Gasteiger partial charge on any atom is -0.345 e. The molecule has 3 unspecified atom stereocenters. The average molecular weight is 366 g/mol. The molecule has 0 bridgehead atoms. The maximum absolute atomic E-state index is 10.2. The van der Waals surface area contributed by atoms with Gasteiger partial charge < -0.3 is 10.4 Å². The van der Waals surface area contributed by atoms with Crippen LogP contribution in [0.3, 0.4) is 0 Å². The lowest BCUT2D eigenvalue weighted by molar-refractivity contribution is -0.942. The first kappa shape index (κ1) is 23.2. The van der Waals surface area contributed by atoms with E-state index in [0.29, 0.717) is 10.6 Å². The molecule has 1 aliphatic heterocycles. The summed E-state index contributed by atoms with van der Waals surface area (Å²) in [5, 5.41) is 13.6. The van der Waals surface area contributed by atoms with Gasteiger partial charge in [-0.05, 0) is 39.0 Å². The van der Waals surface area contributed by atoms with Crippen molar-refractivity contribution in [3.05, 3.63) is 24.6 Å². The maximum Gasteiger partial charge on any atom is 0.193 e. The molecule has 3 heteroatoms. The summed E-state index contributed by atoms with van der Waals surface area (Å²) in [6, 6.07) is 0. The molecule has 0 aliphatic carbocycles. The van der Waals surface area contributed by atoms with Crippen LogP contribution in [-0.2, 0) is 0 Å². The van der Waals surface area contributed by atoms with Crippen LogP contribution in [0.15, 0.2) is 24.6 Å². The number of unbranched alkanes of at least 4 members (excludes halogenated alkanes) is 10. The standard InChI is InChI=1S/C23H45N2O/c1-4-6-7-8-9-10-11-12-13-14-15-16-17-18-19-23-24-20-21-25(23,5-2)22(3)26/h10-11,20-24,26H,4-9,12-19H2,1-3H3/q+1/b11-10+. The van der Waals surface area contributed by atoms with Crippen LogP contribution in [-0.4, -0.2) is 28.5 Å². The molecule has 0 aromatic carbocycles. The summed E-state index contributed by atoms with van der Waals surface area (Å²) in [6.45, 7) is 7.29. The molecular weight excluding hydrogens is 320 g/mol. The molecule has 0 spiro atoms. The van der Waals surface area contributed by atoms with Crippen LogP contribution in [0, 0.1) is 0 Å². The Labute approximate surface area is 163 Å². The second kappa shape index (κ2) is 14.3. The number of hydrogen-bond acceptors (Lipinski definition) is 2. The lowest BCUT2D eigenvalue weighted by Crippen LogP contribution is -2.57. The van der Waals surface area contributed by atoms with Crippen molar-refractivity contribution in [1.29, 1.82) is 0 Å². The maximum atomic E-state index is 10.2. The highest BCUT2D eigenvalue weighted by atomic mass is 16.3. The highest BCUT2D eigenvalue weighted by molar-refractivity contribution is 4.84. The number of aliphatic hydroxyl groups is 1. The minimum absolute atomic E-state index is 0.337. The van der Waals surface area contributed by atoms with E-state index in [1.54, 1.807) is 0 Å². The van der Waals surface area contributed by atoms with Crippen LogP contribution in [0.4, 0.5) is 0 Å². The molecule has 26 heavy (non-hydrogen) atoms. The van der Waals surface area contributed by atoms with Crippen molar-refractivity contribution in [2.75, 3.05) is 6.54 Å². The second-order valence-electron chi connectivity index (χ2n) is 7.96. The van der Waals surface area contributed by atoms with Crippen molar-refractivity contribution < 1.29 is 9.59 Å². The van der Waals surface area contributed by atoms with Gasteiger partial charge in [0.2, 0.25) is 0 Å². The third-order valence-corrected chi connectivity index (χ3v) is 5.95. The Kier molecular flexibility index (Phi) is 12.8. The molecule has 0 aromatic rings. The molecule has 0 amide bonds. The number of nitrogens with one attached hydrogen (secondary N) is 1. The number of allylic oxidation sites excluding steroid dienone is 2. The highest BCUT2D eigenvalue weighted by Gasteiger charge is 2.40. The molecular formula is C23H45N2O+. The molecule has 3 nitrogen and oxygen atoms in total. The van der Waals surface area contributed by atoms with Gasteiger partial charge in [0.25, 0.3) is 0 Å². The summed E-state index contributed by atoms with van der Waals surface area (Å²) in [6.07, 6.45) is 26.1. The first-order valence-electron chi connectivity index (χ1n) is 11.3. The summed E-state index contributed by atoms with van der Waals surface area (Å²) in [4.78, 5) is 0. The number of quaternary nitrogens is 1. The second-order valence-corrected chi connectivity index (χ2v) is 7.96. The summed E-state index contributed by atoms with van der Waals surface area (Å²) in [5.74, 6) is 0. The smallest absolute Gasteiger partial charge is 0.193 e. The first-order chi connectivity index (χ1) is 12.7. The summed E-state index contributed by atoms with van der Waals surface area (Å²) in [5.41, 5.74) is 0. The Morgan fingerprint density at radius 3 is 2.08 bits per heavy atom. The number of hydrogen-bond donors (Lipinski definition) is 2. The van der Waals surface area contributed by atoms with E-state index in [9.17, 15) is 5.11 Å². The zero-order chi connectivity index (χ0) is 19.1. The molecule has 1 aliphatic rings. The first-order valence-corrected chi connectivity index (χ1v) is 11.3. The Morgan fingerprint density at radius 2 is 1.50 bits per heavy atom. The van der Waals surface area contributed by atoms with Gasteiger partial charge in [0.1, 0.15) is 6.20 Å². The van der Waals surface area contributed by atoms with Gasteiger partial charge in [-0.2, -0.15) is 0 Å². The average Bonchev–Trinajstić information content (AvgIpc) is 3.06. The van der Waals surface area contributed by atoms with Crippen molar-refractivity contribution in [3.63, 3.8) is 0 Å². The molecule has 2 N–H and O–H groups in total. The Hall–Kier alpha value is -0.800. The molecule has 0 radical (unpaired) electrons. The SMILES string of the molecule is CCCCCC/C=C/CCCCCCCCC1NC=C[N+]1(CC)C(C)O. The van der Waals surface area contributed by atoms with Crippen molar-refractivity contribution in [2.45, 2.75) is 117 Å². The van der Waals surface area contributed by atoms with E-state index in [1.165, 1.54) is 77.0 Å². The van der Waals surface area contributed by atoms with Gasteiger partial charge in [0, 0.05) is 13.3 Å². The monoisotopic (exact) mass is 365 g/mol. The third-order valence-electron chi connectivity index (χ3n) is 5.95. The highest BCUT2D eigenvalue weighted by Crippen LogP contribution is 2.25. The van der Waals surface area contributed by atoms with E-state index in [0.717, 1.165) is 13.0 Å². The fourth-order valence-electron chi connectivity index (χ4n) is 4.07. The van der Waals surface area contributed by atoms with Crippen LogP contribution >= 0.6 is 0 Å². The van der Waals surface area contributed by atoms with Gasteiger partial charge in [-0.3, -0.25) is 4.48 Å². The minimum atomic E-state index is -0.337. The van der Waals surface area contributed by atoms with Crippen molar-refractivity contribution in [3.8, 4) is 0 Å². The van der Waals surface area contributed by atoms with Gasteiger partial charge in [-0.1, -0.05) is 64.0 Å². The van der Waals surface area contributed by atoms with Crippen molar-refractivity contribution >= 4 is 0 Å². The molecule has 3 atom stereocenters. The third kappa shape index (κ3) is 8.26. The van der Waals surface area contributed by atoms with Crippen LogP contribution in [0.25, 0.3) is 0 Å². The summed E-state index contributed by atoms with van der Waals surface area (Å²) >= 11 is 0. The van der Waals surface area contributed by atoms with E-state index in [2.05, 4.69) is 37.5 Å². The van der Waals surface area contributed by atoms with Crippen LogP contribution < -0.4 is 5.32 Å². The lowest BCUT2D eigenvalue weighted by Gasteiger charge is -2.39. The molecule has 1 heterocycles. The van der Waals surface area contributed by atoms with Gasteiger partial charge in [0.15, 0.2) is 12.4 Å². The van der Waals surface area contributed by atoms with Crippen LogP contribution in [0.5, 0.6) is 0 Å². The molecule has 152 valence electrons. The molecule has 1 rings (SSSR count). The molecule has 0 fully saturated rings. The predicted octanol–water partition coefficient (Wildman–Crippen LogP) is 6.21. The van der Waals surface area contributed by atoms with Gasteiger partial charge in [0.05, 0.1) is 12.7 Å². The molecule has 0 aromatic heterocycles. The predicted molar refractivity (Wildman–Crippen MR) is 113 cm³/mol. The summed E-state index contributed by atoms with van der Waals surface area (Å²) < 4.78 is 0.671. The van der Waals surface area contributed by atoms with Gasteiger partial charge in [-0.15, -0.1) is 0 Å². The summed E-state index contributed by atoms with van der Waals surface area (Å²) in [7, 11) is 0. The van der Waals surface area contributed by atoms with Crippen LogP contribution in [0.2, 0.25) is 0 Å². The van der Waals surface area contributed by atoms with E-state index in [4.69, 9.17) is 0 Å². The lowest BCUT2D eigenvalue weighted by atomic mass is 10.1. The van der Waals surface area contributed by atoms with Crippen molar-refractivity contribution in [2.24, 2.45) is 0 Å². The zero-order valence-corrected chi connectivity index (χ0v) is 17.8. The van der Waals surface area contributed by atoms with E-state index >= 15 is 0 Å². The van der Waals surface area contributed by atoms with E-state index in [-0.39, 0.29) is 6.23 Å². The van der Waals surface area contributed by atoms with E-state index in [1.807, 2.05) is 13.1 Å². The fourth-order valence-corrected chi connectivity index (χ4v) is 4.07. The largest absolute Gasteiger partial charge is 0.345 e. The Morgan fingerprint density at radius 1 is 0.923 bits per heavy atom. The topological polar surface area (TPSA) is 32.3 Å². The quantitative estimate of drug-likeness (QED) is 0.194.